The van der Waals surface area contributed by atoms with Crippen molar-refractivity contribution >= 4 is 0 Å². The summed E-state index contributed by atoms with van der Waals surface area (Å²) in [6.45, 7) is 4.98. The third kappa shape index (κ3) is 6.48. The van der Waals surface area contributed by atoms with Gasteiger partial charge in [-0.3, -0.25) is 0 Å². The molecule has 2 rings (SSSR count). The summed E-state index contributed by atoms with van der Waals surface area (Å²) in [5.74, 6) is 1.33. The Hall–Kier alpha value is -1.32. The van der Waals surface area contributed by atoms with Gasteiger partial charge in [0.1, 0.15) is 5.75 Å². The van der Waals surface area contributed by atoms with E-state index in [1.165, 1.54) is 36.8 Å². The molecule has 2 unspecified atom stereocenters. The Balaban J connectivity index is 1.97. The van der Waals surface area contributed by atoms with Gasteiger partial charge in [-0.2, -0.15) is 0 Å². The SMILES string of the molecule is CCCCCCCOc1ccc2c(c1)CC=CCC2CC(C)(N)CO. The van der Waals surface area contributed by atoms with Gasteiger partial charge in [0.15, 0.2) is 0 Å². The van der Waals surface area contributed by atoms with Crippen molar-refractivity contribution in [1.82, 2.24) is 0 Å². The summed E-state index contributed by atoms with van der Waals surface area (Å²) in [6.07, 6.45) is 13.5. The number of unbranched alkanes of at least 4 members (excludes halogenated alkanes) is 4. The van der Waals surface area contributed by atoms with Gasteiger partial charge in [-0.25, -0.2) is 0 Å². The highest BCUT2D eigenvalue weighted by Gasteiger charge is 2.26. The van der Waals surface area contributed by atoms with E-state index in [-0.39, 0.29) is 6.61 Å². The second-order valence-electron chi connectivity index (χ2n) is 7.75. The Morgan fingerprint density at radius 3 is 2.76 bits per heavy atom. The molecule has 140 valence electrons. The van der Waals surface area contributed by atoms with Crippen LogP contribution in [0.15, 0.2) is 30.4 Å². The van der Waals surface area contributed by atoms with Gasteiger partial charge in [0.2, 0.25) is 0 Å². The summed E-state index contributed by atoms with van der Waals surface area (Å²) >= 11 is 0. The lowest BCUT2D eigenvalue weighted by atomic mass is 9.82. The molecule has 0 spiro atoms. The predicted molar refractivity (Wildman–Crippen MR) is 105 cm³/mol. The fraction of sp³-hybridized carbons (Fsp3) is 0.636. The van der Waals surface area contributed by atoms with E-state index in [4.69, 9.17) is 10.5 Å². The first-order valence-corrected chi connectivity index (χ1v) is 9.86. The highest BCUT2D eigenvalue weighted by Crippen LogP contribution is 2.35. The van der Waals surface area contributed by atoms with Crippen LogP contribution in [0.2, 0.25) is 0 Å². The largest absolute Gasteiger partial charge is 0.494 e. The molecule has 3 nitrogen and oxygen atoms in total. The molecule has 1 aliphatic rings. The maximum Gasteiger partial charge on any atom is 0.119 e. The second-order valence-corrected chi connectivity index (χ2v) is 7.75. The van der Waals surface area contributed by atoms with Crippen molar-refractivity contribution < 1.29 is 9.84 Å². The average Bonchev–Trinajstić information content (AvgIpc) is 2.79. The maximum atomic E-state index is 9.50. The van der Waals surface area contributed by atoms with Gasteiger partial charge in [-0.15, -0.1) is 0 Å². The summed E-state index contributed by atoms with van der Waals surface area (Å²) in [5, 5.41) is 9.50. The summed E-state index contributed by atoms with van der Waals surface area (Å²) in [7, 11) is 0. The van der Waals surface area contributed by atoms with E-state index in [1.54, 1.807) is 0 Å². The van der Waals surface area contributed by atoms with Crippen LogP contribution in [-0.2, 0) is 6.42 Å². The summed E-state index contributed by atoms with van der Waals surface area (Å²) in [4.78, 5) is 0. The standard InChI is InChI=1S/C22H35NO2/c1-3-4-5-6-9-14-25-20-12-13-21-18(15-20)10-7-8-11-19(21)16-22(2,23)17-24/h7-8,12-13,15,19,24H,3-6,9-11,14,16-17,23H2,1-2H3. The smallest absolute Gasteiger partial charge is 0.119 e. The molecule has 2 atom stereocenters. The number of rotatable bonds is 10. The van der Waals surface area contributed by atoms with E-state index >= 15 is 0 Å². The number of hydrogen-bond acceptors (Lipinski definition) is 3. The molecule has 1 aromatic rings. The van der Waals surface area contributed by atoms with E-state index in [0.29, 0.717) is 5.92 Å². The van der Waals surface area contributed by atoms with Crippen molar-refractivity contribution in [2.75, 3.05) is 13.2 Å². The summed E-state index contributed by atoms with van der Waals surface area (Å²) < 4.78 is 5.96. The van der Waals surface area contributed by atoms with E-state index in [0.717, 1.165) is 38.0 Å². The molecule has 0 radical (unpaired) electrons. The molecule has 0 heterocycles. The molecular weight excluding hydrogens is 310 g/mol. The van der Waals surface area contributed by atoms with Crippen molar-refractivity contribution in [3.05, 3.63) is 41.5 Å². The van der Waals surface area contributed by atoms with E-state index in [9.17, 15) is 5.11 Å². The first-order chi connectivity index (χ1) is 12.1. The summed E-state index contributed by atoms with van der Waals surface area (Å²) in [6, 6.07) is 6.49. The van der Waals surface area contributed by atoms with Crippen LogP contribution in [0.4, 0.5) is 0 Å². The van der Waals surface area contributed by atoms with Gasteiger partial charge >= 0.3 is 0 Å². The zero-order valence-corrected chi connectivity index (χ0v) is 16.0. The Labute approximate surface area is 153 Å². The zero-order chi connectivity index (χ0) is 18.1. The van der Waals surface area contributed by atoms with Gasteiger partial charge in [0.25, 0.3) is 0 Å². The van der Waals surface area contributed by atoms with E-state index in [1.807, 2.05) is 6.92 Å². The normalized spacial score (nSPS) is 19.1. The van der Waals surface area contributed by atoms with E-state index < -0.39 is 5.54 Å². The van der Waals surface area contributed by atoms with Crippen LogP contribution < -0.4 is 10.5 Å². The molecule has 0 amide bonds. The molecular formula is C22H35NO2. The third-order valence-corrected chi connectivity index (χ3v) is 5.07. The molecule has 1 aliphatic carbocycles. The molecule has 3 heteroatoms. The van der Waals surface area contributed by atoms with Crippen molar-refractivity contribution in [3.8, 4) is 5.75 Å². The van der Waals surface area contributed by atoms with Gasteiger partial charge in [0.05, 0.1) is 13.2 Å². The minimum Gasteiger partial charge on any atom is -0.494 e. The van der Waals surface area contributed by atoms with Crippen LogP contribution in [0.1, 0.15) is 75.8 Å². The number of hydrogen-bond donors (Lipinski definition) is 2. The van der Waals surface area contributed by atoms with Crippen molar-refractivity contribution in [3.63, 3.8) is 0 Å². The first-order valence-electron chi connectivity index (χ1n) is 9.86. The molecule has 25 heavy (non-hydrogen) atoms. The third-order valence-electron chi connectivity index (χ3n) is 5.07. The molecule has 0 saturated heterocycles. The fourth-order valence-electron chi connectivity index (χ4n) is 3.56. The first kappa shape index (κ1) is 20.0. The number of fused-ring (bicyclic) bond motifs is 1. The lowest BCUT2D eigenvalue weighted by molar-refractivity contribution is 0.192. The highest BCUT2D eigenvalue weighted by atomic mass is 16.5. The minimum absolute atomic E-state index is 0.0156. The van der Waals surface area contributed by atoms with Crippen LogP contribution in [0.3, 0.4) is 0 Å². The lowest BCUT2D eigenvalue weighted by Crippen LogP contribution is -2.41. The predicted octanol–water partition coefficient (Wildman–Crippen LogP) is 4.72. The molecule has 1 aromatic carbocycles. The highest BCUT2D eigenvalue weighted by molar-refractivity contribution is 5.40. The van der Waals surface area contributed by atoms with Gasteiger partial charge < -0.3 is 15.6 Å². The van der Waals surface area contributed by atoms with Crippen LogP contribution in [0.5, 0.6) is 5.75 Å². The minimum atomic E-state index is -0.534. The number of aliphatic hydroxyl groups is 1. The monoisotopic (exact) mass is 345 g/mol. The van der Waals surface area contributed by atoms with Crippen LogP contribution in [0.25, 0.3) is 0 Å². The van der Waals surface area contributed by atoms with Gasteiger partial charge in [-0.1, -0.05) is 50.8 Å². The molecule has 0 bridgehead atoms. The number of aliphatic hydroxyl groups excluding tert-OH is 1. The van der Waals surface area contributed by atoms with E-state index in [2.05, 4.69) is 37.3 Å². The van der Waals surface area contributed by atoms with Crippen LogP contribution >= 0.6 is 0 Å². The van der Waals surface area contributed by atoms with Crippen LogP contribution in [-0.4, -0.2) is 23.9 Å². The molecule has 0 fully saturated rings. The maximum absolute atomic E-state index is 9.50. The molecule has 3 N–H and O–H groups in total. The second kappa shape index (κ2) is 9.98. The Kier molecular flexibility index (Phi) is 7.98. The van der Waals surface area contributed by atoms with Gasteiger partial charge in [-0.05, 0) is 61.8 Å². The van der Waals surface area contributed by atoms with Gasteiger partial charge in [0, 0.05) is 5.54 Å². The molecule has 0 saturated carbocycles. The molecule has 0 aliphatic heterocycles. The molecule has 0 aromatic heterocycles. The quantitative estimate of drug-likeness (QED) is 0.476. The van der Waals surface area contributed by atoms with Crippen LogP contribution in [0, 0.1) is 0 Å². The Morgan fingerprint density at radius 2 is 2.00 bits per heavy atom. The van der Waals surface area contributed by atoms with Crippen molar-refractivity contribution in [1.29, 1.82) is 0 Å². The van der Waals surface area contributed by atoms with Crippen molar-refractivity contribution in [2.24, 2.45) is 5.73 Å². The number of benzene rings is 1. The zero-order valence-electron chi connectivity index (χ0n) is 16.0. The Morgan fingerprint density at radius 1 is 1.20 bits per heavy atom. The number of ether oxygens (including phenoxy) is 1. The lowest BCUT2D eigenvalue weighted by Gasteiger charge is -2.28. The fourth-order valence-corrected chi connectivity index (χ4v) is 3.56. The number of nitrogens with two attached hydrogens (primary N) is 1. The topological polar surface area (TPSA) is 55.5 Å². The summed E-state index contributed by atoms with van der Waals surface area (Å²) in [5.41, 5.74) is 8.35. The van der Waals surface area contributed by atoms with Crippen molar-refractivity contribution in [2.45, 2.75) is 76.7 Å². The average molecular weight is 346 g/mol. The Bertz CT molecular complexity index is 551. The number of allylic oxidation sites excluding steroid dienone is 2.